The Morgan fingerprint density at radius 1 is 1.09 bits per heavy atom. The van der Waals surface area contributed by atoms with Crippen molar-refractivity contribution in [1.82, 2.24) is 13.9 Å². The summed E-state index contributed by atoms with van der Waals surface area (Å²) in [5.74, 6) is 0.450. The summed E-state index contributed by atoms with van der Waals surface area (Å²) in [6.45, 7) is -3.45. The molecule has 1 atom stereocenters. The van der Waals surface area contributed by atoms with E-state index in [0.29, 0.717) is 38.2 Å². The number of hydrogen-bond donors (Lipinski definition) is 0. The molecule has 0 saturated heterocycles. The summed E-state index contributed by atoms with van der Waals surface area (Å²) in [5.41, 5.74) is -4.08. The number of sulfonamides is 1. The second-order valence-corrected chi connectivity index (χ2v) is 10.9. The number of imidazole rings is 1. The molecule has 1 aliphatic heterocycles. The van der Waals surface area contributed by atoms with Crippen LogP contribution in [0.2, 0.25) is 0 Å². The number of aromatic nitrogens is 2. The van der Waals surface area contributed by atoms with Crippen molar-refractivity contribution in [2.75, 3.05) is 11.4 Å². The molecule has 4 rings (SSSR count). The third-order valence-electron chi connectivity index (χ3n) is 6.73. The molecule has 34 heavy (non-hydrogen) atoms. The van der Waals surface area contributed by atoms with E-state index in [-0.39, 0.29) is 13.1 Å². The van der Waals surface area contributed by atoms with Crippen LogP contribution in [0.25, 0.3) is 0 Å². The average molecular weight is 507 g/mol. The number of rotatable bonds is 7. The molecule has 1 aromatic carbocycles. The van der Waals surface area contributed by atoms with E-state index in [1.54, 1.807) is 24.3 Å². The van der Waals surface area contributed by atoms with Gasteiger partial charge in [-0.05, 0) is 30.4 Å². The lowest BCUT2D eigenvalue weighted by atomic mass is 9.97. The molecule has 1 saturated carbocycles. The highest BCUT2D eigenvalue weighted by atomic mass is 32.2. The summed E-state index contributed by atoms with van der Waals surface area (Å²) in [4.78, 5) is 5.87. The minimum Gasteiger partial charge on any atom is -0.361 e. The van der Waals surface area contributed by atoms with E-state index in [4.69, 9.17) is 0 Å². The maximum atomic E-state index is 13.5. The number of alkyl halides is 5. The second kappa shape index (κ2) is 9.80. The zero-order valence-electron chi connectivity index (χ0n) is 18.5. The van der Waals surface area contributed by atoms with Crippen molar-refractivity contribution in [2.45, 2.75) is 69.7 Å². The van der Waals surface area contributed by atoms with Gasteiger partial charge in [0.1, 0.15) is 0 Å². The minimum absolute atomic E-state index is 0.0754. The standard InChI is InChI=1S/C22H27F5N4O2S/c23-21(24)29-12-18(28-15-29)13-31-19(10-9-16-5-1-2-6-16)14-30(34(32,33)22(25,26)27)11-17-7-3-4-8-20(17)31/h3-4,7-8,12,15-16,19,21H,1-2,5-6,9-11,13-14H2. The maximum Gasteiger partial charge on any atom is 0.511 e. The molecular weight excluding hydrogens is 479 g/mol. The van der Waals surface area contributed by atoms with Crippen molar-refractivity contribution in [1.29, 1.82) is 0 Å². The van der Waals surface area contributed by atoms with Gasteiger partial charge in [-0.1, -0.05) is 43.9 Å². The first-order valence-electron chi connectivity index (χ1n) is 11.3. The molecule has 188 valence electrons. The fourth-order valence-electron chi connectivity index (χ4n) is 4.97. The summed E-state index contributed by atoms with van der Waals surface area (Å²) in [7, 11) is -5.55. The zero-order valence-corrected chi connectivity index (χ0v) is 19.3. The van der Waals surface area contributed by atoms with Gasteiger partial charge in [-0.15, -0.1) is 0 Å². The van der Waals surface area contributed by atoms with Crippen molar-refractivity contribution >= 4 is 15.7 Å². The average Bonchev–Trinajstić information content (AvgIpc) is 3.43. The summed E-state index contributed by atoms with van der Waals surface area (Å²) in [6, 6.07) is 6.12. The minimum atomic E-state index is -5.55. The lowest BCUT2D eigenvalue weighted by molar-refractivity contribution is -0.0492. The van der Waals surface area contributed by atoms with E-state index in [2.05, 4.69) is 4.98 Å². The van der Waals surface area contributed by atoms with Gasteiger partial charge in [-0.3, -0.25) is 4.57 Å². The van der Waals surface area contributed by atoms with Crippen LogP contribution in [-0.4, -0.2) is 40.4 Å². The Morgan fingerprint density at radius 3 is 2.44 bits per heavy atom. The highest BCUT2D eigenvalue weighted by Gasteiger charge is 2.51. The molecule has 12 heteroatoms. The van der Waals surface area contributed by atoms with E-state index >= 15 is 0 Å². The zero-order chi connectivity index (χ0) is 24.5. The Hall–Kier alpha value is -2.21. The molecular formula is C22H27F5N4O2S. The van der Waals surface area contributed by atoms with Crippen molar-refractivity contribution < 1.29 is 30.4 Å². The van der Waals surface area contributed by atoms with Crippen LogP contribution in [0.4, 0.5) is 27.6 Å². The fourth-order valence-corrected chi connectivity index (χ4v) is 5.94. The highest BCUT2D eigenvalue weighted by Crippen LogP contribution is 2.37. The van der Waals surface area contributed by atoms with Crippen LogP contribution in [0.3, 0.4) is 0 Å². The lowest BCUT2D eigenvalue weighted by Crippen LogP contribution is -2.47. The molecule has 0 spiro atoms. The number of halogens is 5. The molecule has 1 unspecified atom stereocenters. The van der Waals surface area contributed by atoms with Gasteiger partial charge in [-0.2, -0.15) is 26.3 Å². The van der Waals surface area contributed by atoms with Gasteiger partial charge in [0.25, 0.3) is 0 Å². The van der Waals surface area contributed by atoms with Gasteiger partial charge < -0.3 is 4.90 Å². The molecule has 6 nitrogen and oxygen atoms in total. The second-order valence-electron chi connectivity index (χ2n) is 8.97. The third kappa shape index (κ3) is 5.22. The highest BCUT2D eigenvalue weighted by molar-refractivity contribution is 7.89. The van der Waals surface area contributed by atoms with E-state index in [9.17, 15) is 30.4 Å². The molecule has 2 heterocycles. The molecule has 1 aliphatic carbocycles. The summed E-state index contributed by atoms with van der Waals surface area (Å²) in [5, 5.41) is 0. The Balaban J connectivity index is 1.70. The maximum absolute atomic E-state index is 13.5. The molecule has 0 bridgehead atoms. The van der Waals surface area contributed by atoms with Gasteiger partial charge in [0.15, 0.2) is 0 Å². The summed E-state index contributed by atoms with van der Waals surface area (Å²) >= 11 is 0. The molecule has 2 aromatic rings. The van der Waals surface area contributed by atoms with Crippen LogP contribution in [0.5, 0.6) is 0 Å². The summed E-state index contributed by atoms with van der Waals surface area (Å²) < 4.78 is 92.5. The van der Waals surface area contributed by atoms with Crippen LogP contribution in [0, 0.1) is 5.92 Å². The van der Waals surface area contributed by atoms with Crippen molar-refractivity contribution in [3.05, 3.63) is 48.0 Å². The SMILES string of the molecule is O=S(=O)(N1Cc2ccccc2N(Cc2cn(C(F)F)cn2)C(CCC2CCCC2)C1)C(F)(F)F. The monoisotopic (exact) mass is 506 g/mol. The largest absolute Gasteiger partial charge is 0.511 e. The predicted molar refractivity (Wildman–Crippen MR) is 116 cm³/mol. The topological polar surface area (TPSA) is 58.4 Å². The number of benzene rings is 1. The first kappa shape index (κ1) is 24.9. The van der Waals surface area contributed by atoms with Crippen molar-refractivity contribution in [2.24, 2.45) is 5.92 Å². The van der Waals surface area contributed by atoms with Gasteiger partial charge in [0.2, 0.25) is 0 Å². The van der Waals surface area contributed by atoms with E-state index < -0.39 is 34.7 Å². The van der Waals surface area contributed by atoms with Crippen molar-refractivity contribution in [3.8, 4) is 0 Å². The first-order valence-corrected chi connectivity index (χ1v) is 12.7. The Kier molecular flexibility index (Phi) is 7.18. The van der Waals surface area contributed by atoms with Crippen LogP contribution in [-0.2, 0) is 23.1 Å². The first-order chi connectivity index (χ1) is 16.1. The predicted octanol–water partition coefficient (Wildman–Crippen LogP) is 5.29. The van der Waals surface area contributed by atoms with Crippen LogP contribution >= 0.6 is 0 Å². The Bertz CT molecular complexity index is 1080. The van der Waals surface area contributed by atoms with E-state index in [1.807, 2.05) is 4.90 Å². The Labute approximate surface area is 195 Å². The summed E-state index contributed by atoms with van der Waals surface area (Å²) in [6.07, 6.45) is 7.78. The van der Waals surface area contributed by atoms with Crippen LogP contribution < -0.4 is 4.90 Å². The lowest BCUT2D eigenvalue weighted by Gasteiger charge is -2.34. The van der Waals surface area contributed by atoms with E-state index in [1.165, 1.54) is 6.20 Å². The number of hydrogen-bond acceptors (Lipinski definition) is 4. The molecule has 2 aliphatic rings. The number of fused-ring (bicyclic) bond motifs is 1. The molecule has 1 aromatic heterocycles. The molecule has 0 amide bonds. The number of para-hydroxylation sites is 1. The number of anilines is 1. The molecule has 0 radical (unpaired) electrons. The molecule has 1 fully saturated rings. The van der Waals surface area contributed by atoms with Crippen LogP contribution in [0.15, 0.2) is 36.8 Å². The van der Waals surface area contributed by atoms with Crippen molar-refractivity contribution in [3.63, 3.8) is 0 Å². The van der Waals surface area contributed by atoms with Crippen LogP contribution in [0.1, 0.15) is 56.3 Å². The van der Waals surface area contributed by atoms with Gasteiger partial charge in [0.05, 0.1) is 18.6 Å². The molecule has 0 N–H and O–H groups in total. The van der Waals surface area contributed by atoms with Gasteiger partial charge in [0, 0.05) is 31.0 Å². The quantitative estimate of drug-likeness (QED) is 0.479. The normalized spacial score (nSPS) is 20.6. The Morgan fingerprint density at radius 2 is 1.79 bits per heavy atom. The van der Waals surface area contributed by atoms with Gasteiger partial charge >= 0.3 is 22.1 Å². The number of nitrogens with zero attached hydrogens (tertiary/aromatic N) is 4. The van der Waals surface area contributed by atoms with E-state index in [0.717, 1.165) is 38.4 Å². The smallest absolute Gasteiger partial charge is 0.361 e. The fraction of sp³-hybridized carbons (Fsp3) is 0.591. The third-order valence-corrected chi connectivity index (χ3v) is 8.27. The van der Waals surface area contributed by atoms with Gasteiger partial charge in [-0.25, -0.2) is 13.4 Å².